The zero-order valence-electron chi connectivity index (χ0n) is 17.8. The first kappa shape index (κ1) is 20.8. The third-order valence-corrected chi connectivity index (χ3v) is 5.44. The second-order valence-corrected chi connectivity index (χ2v) is 7.60. The van der Waals surface area contributed by atoms with Gasteiger partial charge in [0.15, 0.2) is 0 Å². The summed E-state index contributed by atoms with van der Waals surface area (Å²) in [4.78, 5) is 18.3. The average molecular weight is 446 g/mol. The van der Waals surface area contributed by atoms with E-state index in [0.29, 0.717) is 11.3 Å². The van der Waals surface area contributed by atoms with Crippen LogP contribution in [0.25, 0.3) is 33.2 Å². The number of nitriles is 1. The summed E-state index contributed by atoms with van der Waals surface area (Å²) in [5.41, 5.74) is 6.27. The average Bonchev–Trinajstić information content (AvgIpc) is 3.32. The summed E-state index contributed by atoms with van der Waals surface area (Å²) in [7, 11) is 0. The lowest BCUT2D eigenvalue weighted by Gasteiger charge is -2.15. The summed E-state index contributed by atoms with van der Waals surface area (Å²) in [6.45, 7) is 0. The van der Waals surface area contributed by atoms with Gasteiger partial charge in [-0.3, -0.25) is 4.98 Å². The largest absolute Gasteiger partial charge is 0.511 e. The van der Waals surface area contributed by atoms with Crippen LogP contribution in [0.3, 0.4) is 0 Å². The first-order valence-electron chi connectivity index (χ1n) is 10.4. The van der Waals surface area contributed by atoms with E-state index in [0.717, 1.165) is 38.8 Å². The summed E-state index contributed by atoms with van der Waals surface area (Å²) in [5, 5.41) is 23.1. The van der Waals surface area contributed by atoms with Crippen molar-refractivity contribution >= 4 is 28.4 Å². The molecule has 0 atom stereocenters. The number of pyridine rings is 1. The number of nitrogens with one attached hydrogen (secondary N) is 2. The van der Waals surface area contributed by atoms with Crippen molar-refractivity contribution in [2.24, 2.45) is 0 Å². The van der Waals surface area contributed by atoms with Crippen LogP contribution >= 0.6 is 0 Å². The summed E-state index contributed by atoms with van der Waals surface area (Å²) in [6, 6.07) is 24.8. The van der Waals surface area contributed by atoms with Crippen LogP contribution in [0.1, 0.15) is 5.56 Å². The number of carbonyl (C=O) groups is 1. The Hall–Kier alpha value is -5.09. The van der Waals surface area contributed by atoms with Gasteiger partial charge < -0.3 is 20.1 Å². The van der Waals surface area contributed by atoms with Gasteiger partial charge in [0.25, 0.3) is 0 Å². The van der Waals surface area contributed by atoms with Gasteiger partial charge in [-0.25, -0.2) is 4.79 Å². The summed E-state index contributed by atoms with van der Waals surface area (Å²) in [6.07, 6.45) is 3.78. The molecule has 7 nitrogen and oxygen atoms in total. The van der Waals surface area contributed by atoms with E-state index in [1.54, 1.807) is 24.4 Å². The van der Waals surface area contributed by atoms with Crippen molar-refractivity contribution < 1.29 is 14.6 Å². The molecule has 0 fully saturated rings. The molecule has 3 aromatic carbocycles. The van der Waals surface area contributed by atoms with Gasteiger partial charge in [-0.1, -0.05) is 30.3 Å². The van der Waals surface area contributed by atoms with E-state index in [-0.39, 0.29) is 5.75 Å². The van der Waals surface area contributed by atoms with Gasteiger partial charge >= 0.3 is 6.16 Å². The first-order chi connectivity index (χ1) is 16.6. The molecule has 0 unspecified atom stereocenters. The SMILES string of the molecule is N#Cc1cncc(-c2cccc(-c3cccc(OC(=O)O)c3)c2)c1Nc1ccc2[nH]ccc2c1. The number of anilines is 2. The van der Waals surface area contributed by atoms with Crippen LogP contribution < -0.4 is 10.1 Å². The topological polar surface area (TPSA) is 111 Å². The van der Waals surface area contributed by atoms with Crippen LogP contribution in [0, 0.1) is 11.3 Å². The van der Waals surface area contributed by atoms with E-state index in [2.05, 4.69) is 21.4 Å². The molecule has 0 aliphatic rings. The summed E-state index contributed by atoms with van der Waals surface area (Å²) < 4.78 is 4.79. The molecule has 2 heterocycles. The molecule has 5 aromatic rings. The maximum absolute atomic E-state index is 10.9. The molecule has 0 spiro atoms. The molecule has 5 rings (SSSR count). The van der Waals surface area contributed by atoms with Crippen molar-refractivity contribution in [1.82, 2.24) is 9.97 Å². The number of H-pyrrole nitrogens is 1. The molecule has 0 saturated carbocycles. The number of rotatable bonds is 5. The second kappa shape index (κ2) is 8.81. The second-order valence-electron chi connectivity index (χ2n) is 7.60. The smallest absolute Gasteiger partial charge is 0.449 e. The highest BCUT2D eigenvalue weighted by atomic mass is 16.7. The van der Waals surface area contributed by atoms with Crippen molar-refractivity contribution in [2.45, 2.75) is 0 Å². The Labute approximate surface area is 194 Å². The lowest BCUT2D eigenvalue weighted by atomic mass is 9.97. The molecule has 0 radical (unpaired) electrons. The van der Waals surface area contributed by atoms with Gasteiger partial charge in [-0.2, -0.15) is 5.26 Å². The van der Waals surface area contributed by atoms with Crippen LogP contribution in [0.15, 0.2) is 91.4 Å². The molecule has 0 saturated heterocycles. The molecule has 2 aromatic heterocycles. The fraction of sp³-hybridized carbons (Fsp3) is 0. The number of hydrogen-bond donors (Lipinski definition) is 3. The van der Waals surface area contributed by atoms with Gasteiger partial charge in [-0.15, -0.1) is 0 Å². The molecule has 0 aliphatic carbocycles. The monoisotopic (exact) mass is 446 g/mol. The maximum Gasteiger partial charge on any atom is 0.511 e. The highest BCUT2D eigenvalue weighted by molar-refractivity contribution is 5.89. The normalized spacial score (nSPS) is 10.6. The zero-order valence-corrected chi connectivity index (χ0v) is 17.8. The highest BCUT2D eigenvalue weighted by Gasteiger charge is 2.13. The Bertz CT molecular complexity index is 1570. The molecular formula is C27H18N4O3. The Morgan fingerprint density at radius 2 is 1.76 bits per heavy atom. The van der Waals surface area contributed by atoms with Crippen LogP contribution in [0.4, 0.5) is 16.2 Å². The van der Waals surface area contributed by atoms with Crippen molar-refractivity contribution in [3.8, 4) is 34.1 Å². The molecule has 3 N–H and O–H groups in total. The van der Waals surface area contributed by atoms with E-state index < -0.39 is 6.16 Å². The third kappa shape index (κ3) is 4.16. The number of fused-ring (bicyclic) bond motifs is 1. The predicted octanol–water partition coefficient (Wildman–Crippen LogP) is 6.57. The Morgan fingerprint density at radius 1 is 0.971 bits per heavy atom. The Morgan fingerprint density at radius 3 is 2.59 bits per heavy atom. The number of carboxylic acid groups (broad SMARTS) is 1. The van der Waals surface area contributed by atoms with E-state index >= 15 is 0 Å². The third-order valence-electron chi connectivity index (χ3n) is 5.44. The zero-order chi connectivity index (χ0) is 23.5. The number of ether oxygens (including phenoxy) is 1. The van der Waals surface area contributed by atoms with Crippen molar-refractivity contribution in [1.29, 1.82) is 5.26 Å². The minimum atomic E-state index is -1.36. The molecule has 164 valence electrons. The molecule has 34 heavy (non-hydrogen) atoms. The highest BCUT2D eigenvalue weighted by Crippen LogP contribution is 2.35. The predicted molar refractivity (Wildman–Crippen MR) is 130 cm³/mol. The fourth-order valence-corrected chi connectivity index (χ4v) is 3.88. The fourth-order valence-electron chi connectivity index (χ4n) is 3.88. The van der Waals surface area contributed by atoms with E-state index in [4.69, 9.17) is 9.84 Å². The number of aromatic nitrogens is 2. The van der Waals surface area contributed by atoms with E-state index in [1.807, 2.05) is 60.8 Å². The standard InChI is InChI=1S/C27H18N4O3/c28-14-21-15-29-16-24(26(21)31-22-7-8-25-20(12-22)9-10-30-25)19-5-1-3-17(11-19)18-4-2-6-23(13-18)34-27(32)33/h1-13,15-16,30H,(H,29,31)(H,32,33). The number of nitrogens with zero attached hydrogens (tertiary/aromatic N) is 2. The van der Waals surface area contributed by atoms with E-state index in [1.165, 1.54) is 6.20 Å². The van der Waals surface area contributed by atoms with Crippen LogP contribution in [0.5, 0.6) is 5.75 Å². The van der Waals surface area contributed by atoms with Gasteiger partial charge in [0.1, 0.15) is 11.8 Å². The number of benzene rings is 3. The maximum atomic E-state index is 10.9. The minimum absolute atomic E-state index is 0.242. The number of aromatic amines is 1. The van der Waals surface area contributed by atoms with Crippen molar-refractivity contribution in [3.05, 3.63) is 97.0 Å². The van der Waals surface area contributed by atoms with Crippen LogP contribution in [-0.4, -0.2) is 21.2 Å². The summed E-state index contributed by atoms with van der Waals surface area (Å²) >= 11 is 0. The lowest BCUT2D eigenvalue weighted by Crippen LogP contribution is -2.02. The quantitative estimate of drug-likeness (QED) is 0.208. The molecular weight excluding hydrogens is 428 g/mol. The minimum Gasteiger partial charge on any atom is -0.449 e. The summed E-state index contributed by atoms with van der Waals surface area (Å²) in [5.74, 6) is 0.242. The van der Waals surface area contributed by atoms with Crippen LogP contribution in [-0.2, 0) is 0 Å². The van der Waals surface area contributed by atoms with Gasteiger partial charge in [0.2, 0.25) is 0 Å². The van der Waals surface area contributed by atoms with Crippen molar-refractivity contribution in [2.75, 3.05) is 5.32 Å². The molecule has 0 amide bonds. The molecule has 0 bridgehead atoms. The molecule has 7 heteroatoms. The lowest BCUT2D eigenvalue weighted by molar-refractivity contribution is 0.144. The Kier molecular flexibility index (Phi) is 5.38. The van der Waals surface area contributed by atoms with Crippen molar-refractivity contribution in [3.63, 3.8) is 0 Å². The first-order valence-corrected chi connectivity index (χ1v) is 10.4. The van der Waals surface area contributed by atoms with Gasteiger partial charge in [0, 0.05) is 40.7 Å². The van der Waals surface area contributed by atoms with Gasteiger partial charge in [-0.05, 0) is 59.2 Å². The Balaban J connectivity index is 1.56. The van der Waals surface area contributed by atoms with E-state index in [9.17, 15) is 10.1 Å². The number of hydrogen-bond acceptors (Lipinski definition) is 5. The van der Waals surface area contributed by atoms with Gasteiger partial charge in [0.05, 0.1) is 11.3 Å². The van der Waals surface area contributed by atoms with Crippen LogP contribution in [0.2, 0.25) is 0 Å². The molecule has 0 aliphatic heterocycles.